The molecule has 0 N–H and O–H groups in total. The van der Waals surface area contributed by atoms with Gasteiger partial charge in [0, 0.05) is 17.7 Å². The van der Waals surface area contributed by atoms with Crippen LogP contribution in [0.5, 0.6) is 0 Å². The van der Waals surface area contributed by atoms with Gasteiger partial charge in [-0.2, -0.15) is 0 Å². The number of nitro benzene ring substituents is 2. The van der Waals surface area contributed by atoms with E-state index in [1.165, 1.54) is 18.2 Å². The average molecular weight is 374 g/mol. The topological polar surface area (TPSA) is 120 Å². The predicted molar refractivity (Wildman–Crippen MR) is 102 cm³/mol. The molecule has 0 radical (unpaired) electrons. The summed E-state index contributed by atoms with van der Waals surface area (Å²) in [6.07, 6.45) is 3.19. The average Bonchev–Trinajstić information content (AvgIpc) is 2.68. The number of nitro groups is 2. The molecule has 0 aromatic heterocycles. The molecule has 0 unspecified atom stereocenters. The molecular weight excluding hydrogens is 364 g/mol. The van der Waals surface area contributed by atoms with Crippen LogP contribution in [0.3, 0.4) is 0 Å². The Labute approximate surface area is 156 Å². The van der Waals surface area contributed by atoms with E-state index in [2.05, 4.69) is 0 Å². The van der Waals surface area contributed by atoms with Crippen molar-refractivity contribution in [2.45, 2.75) is 0 Å². The number of carbonyl (C=O) groups excluding carboxylic acids is 2. The Morgan fingerprint density at radius 2 is 1.46 bits per heavy atom. The highest BCUT2D eigenvalue weighted by Crippen LogP contribution is 2.40. The first-order valence-electron chi connectivity index (χ1n) is 8.14. The lowest BCUT2D eigenvalue weighted by Gasteiger charge is -2.13. The Morgan fingerprint density at radius 3 is 2.18 bits per heavy atom. The number of hydrogen-bond donors (Lipinski definition) is 0. The molecule has 3 aromatic rings. The largest absolute Gasteiger partial charge is 0.290 e. The summed E-state index contributed by atoms with van der Waals surface area (Å²) in [6, 6.07) is 10.4. The van der Waals surface area contributed by atoms with E-state index in [-0.39, 0.29) is 22.5 Å². The number of allylic oxidation sites excluding steroid dienone is 4. The van der Waals surface area contributed by atoms with E-state index >= 15 is 0 Å². The number of ketones is 2. The lowest BCUT2D eigenvalue weighted by atomic mass is 9.89. The molecular formula is C20H10N2O6. The molecule has 0 aliphatic heterocycles. The van der Waals surface area contributed by atoms with Gasteiger partial charge in [-0.3, -0.25) is 29.8 Å². The number of carbonyl (C=O) groups is 2. The van der Waals surface area contributed by atoms with Crippen molar-refractivity contribution in [1.82, 2.24) is 0 Å². The molecule has 0 spiro atoms. The zero-order chi connectivity index (χ0) is 20.0. The lowest BCUT2D eigenvalue weighted by molar-refractivity contribution is -0.385. The Bertz CT molecular complexity index is 1300. The van der Waals surface area contributed by atoms with Gasteiger partial charge in [0.15, 0.2) is 11.6 Å². The van der Waals surface area contributed by atoms with E-state index < -0.39 is 21.4 Å². The van der Waals surface area contributed by atoms with E-state index in [1.807, 2.05) is 0 Å². The number of non-ortho nitro benzene ring substituents is 1. The maximum atomic E-state index is 12.4. The normalized spacial score (nSPS) is 13.8. The van der Waals surface area contributed by atoms with Crippen LogP contribution in [0, 0.1) is 20.2 Å². The van der Waals surface area contributed by atoms with Crippen molar-refractivity contribution in [3.63, 3.8) is 0 Å². The van der Waals surface area contributed by atoms with Gasteiger partial charge < -0.3 is 0 Å². The van der Waals surface area contributed by atoms with Gasteiger partial charge in [0.05, 0.1) is 20.8 Å². The van der Waals surface area contributed by atoms with Crippen LogP contribution in [0.25, 0.3) is 27.1 Å². The standard InChI is InChI=1S/C20H10N2O6/c23-12-5-9-18(24)15(10-12)20-14-6-4-11-2-1-3-16(21(25)26)19(11)13(14)7-8-17(20)22(27)28/h1-10H. The van der Waals surface area contributed by atoms with Crippen LogP contribution < -0.4 is 0 Å². The lowest BCUT2D eigenvalue weighted by Crippen LogP contribution is -2.09. The van der Waals surface area contributed by atoms with Gasteiger partial charge in [-0.25, -0.2) is 0 Å². The Kier molecular flexibility index (Phi) is 3.82. The summed E-state index contributed by atoms with van der Waals surface area (Å²) < 4.78 is 0. The second-order valence-corrected chi connectivity index (χ2v) is 6.17. The highest BCUT2D eigenvalue weighted by atomic mass is 16.6. The third-order valence-electron chi connectivity index (χ3n) is 4.61. The molecule has 8 nitrogen and oxygen atoms in total. The summed E-state index contributed by atoms with van der Waals surface area (Å²) in [5.41, 5.74) is -0.635. The van der Waals surface area contributed by atoms with Crippen molar-refractivity contribution in [3.05, 3.63) is 86.5 Å². The Balaban J connectivity index is 2.19. The summed E-state index contributed by atoms with van der Waals surface area (Å²) in [6.45, 7) is 0. The van der Waals surface area contributed by atoms with E-state index in [4.69, 9.17) is 0 Å². The fourth-order valence-electron chi connectivity index (χ4n) is 3.45. The van der Waals surface area contributed by atoms with Crippen molar-refractivity contribution in [2.75, 3.05) is 0 Å². The summed E-state index contributed by atoms with van der Waals surface area (Å²) in [5.74, 6) is -1.01. The summed E-state index contributed by atoms with van der Waals surface area (Å²) in [5, 5.41) is 24.7. The van der Waals surface area contributed by atoms with Crippen LogP contribution in [-0.2, 0) is 9.59 Å². The van der Waals surface area contributed by atoms with E-state index in [0.717, 1.165) is 18.2 Å². The molecule has 0 heterocycles. The number of fused-ring (bicyclic) bond motifs is 3. The van der Waals surface area contributed by atoms with Crippen molar-refractivity contribution in [3.8, 4) is 0 Å². The molecule has 0 fully saturated rings. The smallest absolute Gasteiger partial charge is 0.277 e. The van der Waals surface area contributed by atoms with Crippen LogP contribution >= 0.6 is 0 Å². The van der Waals surface area contributed by atoms with Crippen molar-refractivity contribution in [2.24, 2.45) is 0 Å². The number of benzene rings is 3. The maximum absolute atomic E-state index is 12.4. The Hall–Kier alpha value is -4.20. The molecule has 0 saturated carbocycles. The number of rotatable bonds is 3. The summed E-state index contributed by atoms with van der Waals surface area (Å²) in [4.78, 5) is 46.1. The van der Waals surface area contributed by atoms with Gasteiger partial charge in [0.25, 0.3) is 11.4 Å². The van der Waals surface area contributed by atoms with Crippen molar-refractivity contribution < 1.29 is 19.4 Å². The quantitative estimate of drug-likeness (QED) is 0.297. The molecule has 3 aromatic carbocycles. The first kappa shape index (κ1) is 17.2. The van der Waals surface area contributed by atoms with Gasteiger partial charge in [-0.1, -0.05) is 24.3 Å². The van der Waals surface area contributed by atoms with Gasteiger partial charge in [0.1, 0.15) is 0 Å². The van der Waals surface area contributed by atoms with Crippen LogP contribution in [0.1, 0.15) is 5.56 Å². The van der Waals surface area contributed by atoms with E-state index in [1.54, 1.807) is 24.3 Å². The molecule has 0 bridgehead atoms. The number of hydrogen-bond acceptors (Lipinski definition) is 6. The first-order chi connectivity index (χ1) is 13.4. The SMILES string of the molecule is O=C1C=CC(=O)C(c2c([N+](=O)[O-])ccc3c2ccc2cccc([N+](=O)[O-])c23)=C1. The van der Waals surface area contributed by atoms with Gasteiger partial charge in [-0.05, 0) is 40.5 Å². The van der Waals surface area contributed by atoms with E-state index in [9.17, 15) is 29.8 Å². The summed E-state index contributed by atoms with van der Waals surface area (Å²) >= 11 is 0. The van der Waals surface area contributed by atoms with Crippen molar-refractivity contribution in [1.29, 1.82) is 0 Å². The van der Waals surface area contributed by atoms with Crippen LogP contribution in [0.2, 0.25) is 0 Å². The molecule has 0 saturated heterocycles. The minimum Gasteiger partial charge on any atom is -0.290 e. The highest BCUT2D eigenvalue weighted by molar-refractivity contribution is 6.36. The van der Waals surface area contributed by atoms with Gasteiger partial charge in [-0.15, -0.1) is 0 Å². The minimum atomic E-state index is -0.644. The molecule has 136 valence electrons. The molecule has 1 aliphatic carbocycles. The highest BCUT2D eigenvalue weighted by Gasteiger charge is 2.27. The fraction of sp³-hybridized carbons (Fsp3) is 0. The van der Waals surface area contributed by atoms with E-state index in [0.29, 0.717) is 21.5 Å². The first-order valence-corrected chi connectivity index (χ1v) is 8.14. The Morgan fingerprint density at radius 1 is 0.750 bits per heavy atom. The molecule has 4 rings (SSSR count). The van der Waals surface area contributed by atoms with Gasteiger partial charge in [0.2, 0.25) is 0 Å². The van der Waals surface area contributed by atoms with Crippen LogP contribution in [-0.4, -0.2) is 21.4 Å². The molecule has 0 amide bonds. The molecule has 1 aliphatic rings. The third kappa shape index (κ3) is 2.55. The monoisotopic (exact) mass is 374 g/mol. The zero-order valence-corrected chi connectivity index (χ0v) is 14.1. The molecule has 0 atom stereocenters. The van der Waals surface area contributed by atoms with Crippen LogP contribution in [0.4, 0.5) is 11.4 Å². The zero-order valence-electron chi connectivity index (χ0n) is 14.1. The van der Waals surface area contributed by atoms with Gasteiger partial charge >= 0.3 is 0 Å². The second kappa shape index (κ2) is 6.20. The minimum absolute atomic E-state index is 0.0229. The second-order valence-electron chi connectivity index (χ2n) is 6.17. The van der Waals surface area contributed by atoms with Crippen LogP contribution in [0.15, 0.2) is 60.7 Å². The molecule has 8 heteroatoms. The number of nitrogens with zero attached hydrogens (tertiary/aromatic N) is 2. The van der Waals surface area contributed by atoms with Crippen molar-refractivity contribution >= 4 is 50.1 Å². The predicted octanol–water partition coefficient (Wildman–Crippen LogP) is 3.90. The third-order valence-corrected chi connectivity index (χ3v) is 4.61. The summed E-state index contributed by atoms with van der Waals surface area (Å²) in [7, 11) is 0. The maximum Gasteiger partial charge on any atom is 0.277 e. The molecule has 28 heavy (non-hydrogen) atoms. The fourth-order valence-corrected chi connectivity index (χ4v) is 3.45.